The summed E-state index contributed by atoms with van der Waals surface area (Å²) in [5.74, 6) is -1.89. The SMILES string of the molecule is O=C(Cc1cncs1)c1ccc(F)c(C(F)(F)F)c1. The Hall–Kier alpha value is -1.76. The molecule has 0 aliphatic rings. The zero-order chi connectivity index (χ0) is 14.0. The molecule has 2 nitrogen and oxygen atoms in total. The number of benzene rings is 1. The van der Waals surface area contributed by atoms with E-state index >= 15 is 0 Å². The number of ketones is 1. The van der Waals surface area contributed by atoms with Crippen molar-refractivity contribution in [1.82, 2.24) is 4.98 Å². The van der Waals surface area contributed by atoms with Crippen molar-refractivity contribution in [3.63, 3.8) is 0 Å². The highest BCUT2D eigenvalue weighted by Crippen LogP contribution is 2.32. The largest absolute Gasteiger partial charge is 0.419 e. The lowest BCUT2D eigenvalue weighted by atomic mass is 10.0. The van der Waals surface area contributed by atoms with Crippen LogP contribution in [0.3, 0.4) is 0 Å². The Kier molecular flexibility index (Phi) is 3.66. The molecule has 0 saturated heterocycles. The third-order valence-electron chi connectivity index (χ3n) is 2.41. The van der Waals surface area contributed by atoms with Crippen molar-refractivity contribution >= 4 is 17.1 Å². The van der Waals surface area contributed by atoms with Crippen LogP contribution in [0.5, 0.6) is 0 Å². The summed E-state index contributed by atoms with van der Waals surface area (Å²) in [5.41, 5.74) is -0.0706. The van der Waals surface area contributed by atoms with Gasteiger partial charge in [0, 0.05) is 23.1 Å². The number of rotatable bonds is 3. The Balaban J connectivity index is 2.28. The maximum atomic E-state index is 13.1. The molecule has 0 unspecified atom stereocenters. The van der Waals surface area contributed by atoms with Crippen LogP contribution in [0.15, 0.2) is 29.9 Å². The second kappa shape index (κ2) is 5.08. The molecule has 2 aromatic rings. The van der Waals surface area contributed by atoms with Crippen LogP contribution in [0.2, 0.25) is 0 Å². The number of hydrogen-bond donors (Lipinski definition) is 0. The van der Waals surface area contributed by atoms with Gasteiger partial charge in [-0.1, -0.05) is 0 Å². The van der Waals surface area contributed by atoms with Gasteiger partial charge >= 0.3 is 6.18 Å². The first kappa shape index (κ1) is 13.7. The van der Waals surface area contributed by atoms with Gasteiger partial charge in [-0.05, 0) is 18.2 Å². The van der Waals surface area contributed by atoms with Crippen molar-refractivity contribution in [2.24, 2.45) is 0 Å². The lowest BCUT2D eigenvalue weighted by Gasteiger charge is -2.09. The fraction of sp³-hybridized carbons (Fsp3) is 0.167. The van der Waals surface area contributed by atoms with Gasteiger partial charge < -0.3 is 0 Å². The first-order valence-corrected chi connectivity index (χ1v) is 6.03. The van der Waals surface area contributed by atoms with Gasteiger partial charge in [-0.25, -0.2) is 4.39 Å². The van der Waals surface area contributed by atoms with Crippen LogP contribution in [-0.4, -0.2) is 10.8 Å². The number of halogens is 4. The fourth-order valence-electron chi connectivity index (χ4n) is 1.51. The van der Waals surface area contributed by atoms with Crippen LogP contribution >= 0.6 is 11.3 Å². The average Bonchev–Trinajstić information content (AvgIpc) is 2.80. The topological polar surface area (TPSA) is 30.0 Å². The summed E-state index contributed by atoms with van der Waals surface area (Å²) in [4.78, 5) is 16.2. The number of carbonyl (C=O) groups excluding carboxylic acids is 1. The van der Waals surface area contributed by atoms with Gasteiger partial charge in [-0.2, -0.15) is 13.2 Å². The summed E-state index contributed by atoms with van der Waals surface area (Å²) >= 11 is 1.23. The first-order chi connectivity index (χ1) is 8.88. The summed E-state index contributed by atoms with van der Waals surface area (Å²) in [6.07, 6.45) is -3.39. The predicted molar refractivity (Wildman–Crippen MR) is 61.6 cm³/mol. The zero-order valence-corrected chi connectivity index (χ0v) is 10.2. The average molecular weight is 289 g/mol. The fourth-order valence-corrected chi connectivity index (χ4v) is 2.10. The molecule has 1 aromatic heterocycles. The minimum absolute atomic E-state index is 0.0480. The maximum Gasteiger partial charge on any atom is 0.419 e. The highest BCUT2D eigenvalue weighted by atomic mass is 32.1. The van der Waals surface area contributed by atoms with Crippen molar-refractivity contribution in [2.75, 3.05) is 0 Å². The maximum absolute atomic E-state index is 13.1. The minimum atomic E-state index is -4.81. The molecule has 0 aliphatic carbocycles. The van der Waals surface area contributed by atoms with Gasteiger partial charge in [0.15, 0.2) is 5.78 Å². The van der Waals surface area contributed by atoms with E-state index in [1.807, 2.05) is 0 Å². The lowest BCUT2D eigenvalue weighted by Crippen LogP contribution is -2.11. The molecule has 0 N–H and O–H groups in total. The molecule has 0 spiro atoms. The molecule has 1 heterocycles. The standard InChI is InChI=1S/C12H7F4NOS/c13-10-2-1-7(3-9(10)12(14,15)16)11(18)4-8-5-17-6-19-8/h1-3,5-6H,4H2. The van der Waals surface area contributed by atoms with Gasteiger partial charge in [-0.3, -0.25) is 9.78 Å². The molecule has 2 rings (SSSR count). The van der Waals surface area contributed by atoms with Crippen molar-refractivity contribution in [2.45, 2.75) is 12.6 Å². The van der Waals surface area contributed by atoms with E-state index in [4.69, 9.17) is 0 Å². The van der Waals surface area contributed by atoms with Gasteiger partial charge in [0.2, 0.25) is 0 Å². The second-order valence-corrected chi connectivity index (χ2v) is 4.73. The molecule has 19 heavy (non-hydrogen) atoms. The Morgan fingerprint density at radius 2 is 2.05 bits per heavy atom. The molecule has 100 valence electrons. The third-order valence-corrected chi connectivity index (χ3v) is 3.19. The van der Waals surface area contributed by atoms with Crippen LogP contribution in [0.25, 0.3) is 0 Å². The normalized spacial score (nSPS) is 11.6. The van der Waals surface area contributed by atoms with E-state index < -0.39 is 23.3 Å². The van der Waals surface area contributed by atoms with Crippen molar-refractivity contribution < 1.29 is 22.4 Å². The summed E-state index contributed by atoms with van der Waals surface area (Å²) in [6, 6.07) is 2.25. The van der Waals surface area contributed by atoms with E-state index in [0.29, 0.717) is 17.0 Å². The molecule has 0 radical (unpaired) electrons. The van der Waals surface area contributed by atoms with Gasteiger partial charge in [0.1, 0.15) is 5.82 Å². The Labute approximate surface area is 109 Å². The van der Waals surface area contributed by atoms with Crippen LogP contribution in [0.4, 0.5) is 17.6 Å². The second-order valence-electron chi connectivity index (χ2n) is 3.76. The third kappa shape index (κ3) is 3.17. The van der Waals surface area contributed by atoms with Gasteiger partial charge in [-0.15, -0.1) is 11.3 Å². The summed E-state index contributed by atoms with van der Waals surface area (Å²) in [7, 11) is 0. The highest BCUT2D eigenvalue weighted by Gasteiger charge is 2.34. The lowest BCUT2D eigenvalue weighted by molar-refractivity contribution is -0.140. The van der Waals surface area contributed by atoms with Gasteiger partial charge in [0.05, 0.1) is 11.1 Å². The summed E-state index contributed by atoms with van der Waals surface area (Å²) < 4.78 is 50.6. The molecule has 0 fully saturated rings. The number of aromatic nitrogens is 1. The molecular weight excluding hydrogens is 282 g/mol. The molecule has 0 atom stereocenters. The number of nitrogens with zero attached hydrogens (tertiary/aromatic N) is 1. The molecule has 0 saturated carbocycles. The van der Waals surface area contributed by atoms with E-state index in [1.165, 1.54) is 23.0 Å². The zero-order valence-electron chi connectivity index (χ0n) is 9.37. The van der Waals surface area contributed by atoms with Gasteiger partial charge in [0.25, 0.3) is 0 Å². The first-order valence-electron chi connectivity index (χ1n) is 5.15. The van der Waals surface area contributed by atoms with Crippen LogP contribution in [0, 0.1) is 5.82 Å². The quantitative estimate of drug-likeness (QED) is 0.636. The van der Waals surface area contributed by atoms with Crippen molar-refractivity contribution in [1.29, 1.82) is 0 Å². The number of carbonyl (C=O) groups is 1. The van der Waals surface area contributed by atoms with Crippen molar-refractivity contribution in [3.8, 4) is 0 Å². The van der Waals surface area contributed by atoms with Crippen molar-refractivity contribution in [3.05, 3.63) is 51.7 Å². The molecule has 0 aliphatic heterocycles. The molecule has 0 bridgehead atoms. The number of Topliss-reactive ketones (excluding diaryl/α,β-unsaturated/α-hetero) is 1. The van der Waals surface area contributed by atoms with E-state index in [2.05, 4.69) is 4.98 Å². The van der Waals surface area contributed by atoms with Crippen LogP contribution in [-0.2, 0) is 12.6 Å². The molecule has 1 aromatic carbocycles. The Morgan fingerprint density at radius 1 is 1.32 bits per heavy atom. The molecule has 7 heteroatoms. The molecular formula is C12H7F4NOS. The Morgan fingerprint density at radius 3 is 2.63 bits per heavy atom. The van der Waals surface area contributed by atoms with E-state index in [0.717, 1.165) is 6.07 Å². The summed E-state index contributed by atoms with van der Waals surface area (Å²) in [6.45, 7) is 0. The monoisotopic (exact) mass is 289 g/mol. The summed E-state index contributed by atoms with van der Waals surface area (Å²) in [5, 5.41) is 0. The smallest absolute Gasteiger partial charge is 0.294 e. The van der Waals surface area contributed by atoms with Crippen LogP contribution < -0.4 is 0 Å². The number of alkyl halides is 3. The number of hydrogen-bond acceptors (Lipinski definition) is 3. The van der Waals surface area contributed by atoms with E-state index in [-0.39, 0.29) is 12.0 Å². The Bertz CT molecular complexity index is 592. The number of thiazole rings is 1. The van der Waals surface area contributed by atoms with E-state index in [9.17, 15) is 22.4 Å². The predicted octanol–water partition coefficient (Wildman–Crippen LogP) is 3.73. The van der Waals surface area contributed by atoms with Crippen LogP contribution in [0.1, 0.15) is 20.8 Å². The minimum Gasteiger partial charge on any atom is -0.294 e. The highest BCUT2D eigenvalue weighted by molar-refractivity contribution is 7.09. The molecule has 0 amide bonds. The van der Waals surface area contributed by atoms with E-state index in [1.54, 1.807) is 0 Å².